The maximum atomic E-state index is 2.67. The van der Waals surface area contributed by atoms with Crippen LogP contribution in [0.15, 0.2) is 243 Å². The zero-order valence-electron chi connectivity index (χ0n) is 39.6. The lowest BCUT2D eigenvalue weighted by atomic mass is 9.81. The Kier molecular flexibility index (Phi) is 8.62. The third-order valence-corrected chi connectivity index (χ3v) is 19.7. The Labute approximate surface area is 413 Å². The summed E-state index contributed by atoms with van der Waals surface area (Å²) in [5.74, 6) is 0. The van der Waals surface area contributed by atoms with Gasteiger partial charge in [0, 0.05) is 0 Å². The number of fused-ring (bicyclic) bond motifs is 13. The van der Waals surface area contributed by atoms with Crippen molar-refractivity contribution in [3.63, 3.8) is 0 Å². The van der Waals surface area contributed by atoms with Crippen LogP contribution in [0.25, 0.3) is 142 Å². The summed E-state index contributed by atoms with van der Waals surface area (Å²) in [5.41, 5.74) is 12.9. The minimum absolute atomic E-state index is 1.22. The fraction of sp³-hybridized carbons (Fsp3) is 0.0286. The summed E-state index contributed by atoms with van der Waals surface area (Å²) >= 11 is 0. The molecule has 71 heavy (non-hydrogen) atoms. The van der Waals surface area contributed by atoms with Gasteiger partial charge in [0.05, 0.1) is 0 Å². The average molecular weight is 915 g/mol. The Morgan fingerprint density at radius 2 is 0.620 bits per heavy atom. The molecule has 14 aromatic rings. The molecule has 0 radical (unpaired) electrons. The number of rotatable bonds is 4. The fourth-order valence-electron chi connectivity index (χ4n) is 12.8. The Bertz CT molecular complexity index is 4600. The molecule has 0 aromatic heterocycles. The predicted octanol–water partition coefficient (Wildman–Crippen LogP) is 18.4. The first-order chi connectivity index (χ1) is 35.0. The van der Waals surface area contributed by atoms with Crippen LogP contribution in [0.2, 0.25) is 13.1 Å². The van der Waals surface area contributed by atoms with Crippen LogP contribution in [0.4, 0.5) is 0 Å². The van der Waals surface area contributed by atoms with E-state index in [2.05, 4.69) is 256 Å². The monoisotopic (exact) mass is 914 g/mol. The molecular weight excluding hydrogens is 869 g/mol. The van der Waals surface area contributed by atoms with Gasteiger partial charge in [-0.2, -0.15) is 0 Å². The van der Waals surface area contributed by atoms with E-state index in [1.165, 1.54) is 152 Å². The molecule has 0 fully saturated rings. The summed E-state index contributed by atoms with van der Waals surface area (Å²) in [6.07, 6.45) is 0. The van der Waals surface area contributed by atoms with E-state index in [9.17, 15) is 0 Å². The van der Waals surface area contributed by atoms with Gasteiger partial charge in [-0.1, -0.05) is 231 Å². The van der Waals surface area contributed by atoms with Crippen LogP contribution in [0.5, 0.6) is 0 Å². The molecule has 0 spiro atoms. The van der Waals surface area contributed by atoms with E-state index >= 15 is 0 Å². The second kappa shape index (κ2) is 15.2. The molecule has 1 aliphatic rings. The fourth-order valence-corrected chi connectivity index (χ4v) is 15.9. The van der Waals surface area contributed by atoms with Crippen molar-refractivity contribution in [3.8, 4) is 55.6 Å². The molecular formula is C70H46Si. The van der Waals surface area contributed by atoms with E-state index in [4.69, 9.17) is 0 Å². The smallest absolute Gasteiger partial charge is 0.0616 e. The van der Waals surface area contributed by atoms with Crippen LogP contribution >= 0.6 is 0 Å². The molecule has 330 valence electrons. The molecule has 0 N–H and O–H groups in total. The summed E-state index contributed by atoms with van der Waals surface area (Å²) in [6, 6.07) is 92.2. The second-order valence-electron chi connectivity index (χ2n) is 20.3. The lowest BCUT2D eigenvalue weighted by Gasteiger charge is -2.24. The van der Waals surface area contributed by atoms with E-state index < -0.39 is 8.07 Å². The Morgan fingerprint density at radius 3 is 1.20 bits per heavy atom. The molecule has 0 bridgehead atoms. The normalized spacial score (nSPS) is 13.0. The van der Waals surface area contributed by atoms with Gasteiger partial charge in [-0.3, -0.25) is 0 Å². The molecule has 0 atom stereocenters. The van der Waals surface area contributed by atoms with Gasteiger partial charge in [-0.05, 0) is 176 Å². The predicted molar refractivity (Wildman–Crippen MR) is 310 cm³/mol. The van der Waals surface area contributed by atoms with E-state index in [1.807, 2.05) is 0 Å². The first-order valence-electron chi connectivity index (χ1n) is 25.0. The van der Waals surface area contributed by atoms with Crippen molar-refractivity contribution in [2.75, 3.05) is 0 Å². The maximum Gasteiger partial charge on any atom is 0.113 e. The van der Waals surface area contributed by atoms with Crippen molar-refractivity contribution in [2.24, 2.45) is 0 Å². The van der Waals surface area contributed by atoms with Crippen LogP contribution in [0, 0.1) is 0 Å². The third kappa shape index (κ3) is 5.91. The lowest BCUT2D eigenvalue weighted by Crippen LogP contribution is -2.49. The Morgan fingerprint density at radius 1 is 0.211 bits per heavy atom. The van der Waals surface area contributed by atoms with Crippen molar-refractivity contribution in [1.29, 1.82) is 0 Å². The van der Waals surface area contributed by atoms with E-state index in [0.29, 0.717) is 0 Å². The average Bonchev–Trinajstić information content (AvgIpc) is 3.64. The van der Waals surface area contributed by atoms with Crippen LogP contribution in [-0.2, 0) is 0 Å². The van der Waals surface area contributed by atoms with Crippen molar-refractivity contribution in [1.82, 2.24) is 0 Å². The molecule has 0 saturated carbocycles. The molecule has 0 unspecified atom stereocenters. The zero-order valence-corrected chi connectivity index (χ0v) is 40.6. The first-order valence-corrected chi connectivity index (χ1v) is 28.0. The molecule has 0 saturated heterocycles. The minimum atomic E-state index is -2.29. The Hall–Kier alpha value is -8.62. The molecule has 0 aliphatic carbocycles. The zero-order chi connectivity index (χ0) is 47.0. The summed E-state index contributed by atoms with van der Waals surface area (Å²) in [5, 5.41) is 23.4. The largest absolute Gasteiger partial charge is 0.113 e. The van der Waals surface area contributed by atoms with Gasteiger partial charge in [0.2, 0.25) is 0 Å². The minimum Gasteiger partial charge on any atom is -0.0616 e. The summed E-state index contributed by atoms with van der Waals surface area (Å²) in [6.45, 7) is 5.16. The van der Waals surface area contributed by atoms with Crippen molar-refractivity contribution < 1.29 is 0 Å². The van der Waals surface area contributed by atoms with Gasteiger partial charge in [0.25, 0.3) is 0 Å². The van der Waals surface area contributed by atoms with Gasteiger partial charge in [-0.15, -0.1) is 0 Å². The van der Waals surface area contributed by atoms with Gasteiger partial charge in [0.1, 0.15) is 8.07 Å². The first kappa shape index (κ1) is 40.3. The van der Waals surface area contributed by atoms with Gasteiger partial charge in [-0.25, -0.2) is 0 Å². The van der Waals surface area contributed by atoms with Crippen LogP contribution < -0.4 is 10.4 Å². The SMILES string of the molecule is C[Si]1(C)c2cc(-c3cccc4ccccc34)ccc2-c2cc3c(-c4cc5ccccc5c5ccccc45)c4ccc(-c5cccc6ccccc56)cc4c(-c4cc5ccccc5c5ccccc45)c3cc21. The molecule has 1 aliphatic heterocycles. The highest BCUT2D eigenvalue weighted by atomic mass is 28.3. The maximum absolute atomic E-state index is 2.67. The molecule has 0 amide bonds. The highest BCUT2D eigenvalue weighted by Crippen LogP contribution is 2.51. The van der Waals surface area contributed by atoms with E-state index in [0.717, 1.165) is 0 Å². The highest BCUT2D eigenvalue weighted by Gasteiger charge is 2.39. The van der Waals surface area contributed by atoms with E-state index in [1.54, 1.807) is 0 Å². The van der Waals surface area contributed by atoms with Crippen molar-refractivity contribution in [2.45, 2.75) is 13.1 Å². The molecule has 1 heteroatoms. The quantitative estimate of drug-likeness (QED) is 0.0937. The third-order valence-electron chi connectivity index (χ3n) is 16.2. The number of hydrogen-bond donors (Lipinski definition) is 0. The molecule has 1 heterocycles. The summed E-state index contributed by atoms with van der Waals surface area (Å²) in [4.78, 5) is 0. The summed E-state index contributed by atoms with van der Waals surface area (Å²) < 4.78 is 0. The summed E-state index contributed by atoms with van der Waals surface area (Å²) in [7, 11) is -2.29. The number of benzene rings is 14. The van der Waals surface area contributed by atoms with Gasteiger partial charge in [0.15, 0.2) is 0 Å². The van der Waals surface area contributed by atoms with Gasteiger partial charge < -0.3 is 0 Å². The second-order valence-corrected chi connectivity index (χ2v) is 24.6. The van der Waals surface area contributed by atoms with E-state index in [-0.39, 0.29) is 0 Å². The topological polar surface area (TPSA) is 0 Å². The molecule has 15 rings (SSSR count). The van der Waals surface area contributed by atoms with Crippen LogP contribution in [-0.4, -0.2) is 8.07 Å². The van der Waals surface area contributed by atoms with Crippen LogP contribution in [0.3, 0.4) is 0 Å². The van der Waals surface area contributed by atoms with Gasteiger partial charge >= 0.3 is 0 Å². The van der Waals surface area contributed by atoms with Crippen LogP contribution in [0.1, 0.15) is 0 Å². The standard InChI is InChI=1S/C70H46Si/c1-71(2)67-40-48(52-32-16-22-44-18-4-8-24-50(44)52)33-35-59(67)61-41-65-66(42-68(61)71)70(63-38-46-20-6-10-26-54(46)56-28-12-14-30-58(56)63)64-39-47(51-31-15-21-43-17-3-7-23-49(43)51)34-36-60(64)69(65)62-37-45-19-5-9-25-53(45)55-27-11-13-29-57(55)62/h3-42H,1-2H3. The Balaban J connectivity index is 1.12. The van der Waals surface area contributed by atoms with Crippen molar-refractivity contribution in [3.05, 3.63) is 243 Å². The molecule has 14 aromatic carbocycles. The lowest BCUT2D eigenvalue weighted by molar-refractivity contribution is 1.66. The van der Waals surface area contributed by atoms with Crippen molar-refractivity contribution >= 4 is 105 Å². The number of hydrogen-bond acceptors (Lipinski definition) is 0. The highest BCUT2D eigenvalue weighted by molar-refractivity contribution is 7.04. The molecule has 0 nitrogen and oxygen atoms in total.